The average Bonchev–Trinajstić information content (AvgIpc) is 3.50. The van der Waals surface area contributed by atoms with Crippen molar-refractivity contribution >= 4 is 41.0 Å². The van der Waals surface area contributed by atoms with Gasteiger partial charge in [0, 0.05) is 6.54 Å². The maximum atomic E-state index is 11.9. The average molecular weight is 450 g/mol. The Balaban J connectivity index is 1.39. The summed E-state index contributed by atoms with van der Waals surface area (Å²) in [5.74, 6) is -0.0939. The van der Waals surface area contributed by atoms with E-state index in [0.717, 1.165) is 10.7 Å². The van der Waals surface area contributed by atoms with Crippen LogP contribution in [0.1, 0.15) is 12.7 Å². The molecule has 0 fully saturated rings. The van der Waals surface area contributed by atoms with E-state index in [0.29, 0.717) is 17.5 Å². The van der Waals surface area contributed by atoms with Crippen molar-refractivity contribution in [3.8, 4) is 10.7 Å². The monoisotopic (exact) mass is 449 g/mol. The third-order valence-corrected chi connectivity index (χ3v) is 5.52. The molecule has 3 heterocycles. The number of imide groups is 1. The summed E-state index contributed by atoms with van der Waals surface area (Å²) in [6, 6.07) is 6.54. The topological polar surface area (TPSA) is 128 Å². The Hall–Kier alpha value is -3.12. The molecule has 3 aromatic rings. The minimum atomic E-state index is -0.734. The highest BCUT2D eigenvalue weighted by molar-refractivity contribution is 7.99. The highest BCUT2D eigenvalue weighted by Crippen LogP contribution is 2.27. The summed E-state index contributed by atoms with van der Waals surface area (Å²) in [4.78, 5) is 36.3. The number of hydrogen-bond donors (Lipinski definition) is 2. The second kappa shape index (κ2) is 10.6. The lowest BCUT2D eigenvalue weighted by atomic mass is 10.4. The van der Waals surface area contributed by atoms with Crippen molar-refractivity contribution < 1.29 is 23.5 Å². The van der Waals surface area contributed by atoms with E-state index in [-0.39, 0.29) is 12.3 Å². The normalized spacial score (nSPS) is 10.6. The van der Waals surface area contributed by atoms with Gasteiger partial charge in [0.25, 0.3) is 5.91 Å². The van der Waals surface area contributed by atoms with Crippen molar-refractivity contribution in [2.75, 3.05) is 12.4 Å². The molecule has 0 saturated heterocycles. The molecule has 3 rings (SSSR count). The van der Waals surface area contributed by atoms with Crippen LogP contribution in [0.5, 0.6) is 0 Å². The fraction of sp³-hybridized carbons (Fsp3) is 0.278. The number of ether oxygens (including phenoxy) is 1. The van der Waals surface area contributed by atoms with Gasteiger partial charge in [0.1, 0.15) is 5.76 Å². The zero-order valence-corrected chi connectivity index (χ0v) is 17.6. The minimum absolute atomic E-state index is 0.0411. The quantitative estimate of drug-likeness (QED) is 0.376. The van der Waals surface area contributed by atoms with Gasteiger partial charge in [-0.05, 0) is 30.5 Å². The van der Waals surface area contributed by atoms with Crippen LogP contribution < -0.4 is 10.6 Å². The predicted octanol–water partition coefficient (Wildman–Crippen LogP) is 2.28. The number of carbonyl (C=O) groups excluding carboxylic acids is 3. The number of thiophene rings is 1. The van der Waals surface area contributed by atoms with E-state index in [1.165, 1.54) is 18.0 Å². The standard InChI is InChI=1S/C18H19N5O5S2/c1-2-23-16(13-6-4-8-29-13)21-22-18(23)30-11-15(25)28-10-14(24)20-17(26)19-9-12-5-3-7-27-12/h3-8H,2,9-11H2,1H3,(H2,19,20,24,26). The third kappa shape index (κ3) is 5.94. The molecule has 3 amide bonds. The van der Waals surface area contributed by atoms with Gasteiger partial charge in [-0.3, -0.25) is 14.9 Å². The Morgan fingerprint density at radius 1 is 1.27 bits per heavy atom. The van der Waals surface area contributed by atoms with Gasteiger partial charge in [-0.2, -0.15) is 0 Å². The highest BCUT2D eigenvalue weighted by Gasteiger charge is 2.16. The van der Waals surface area contributed by atoms with Gasteiger partial charge in [-0.25, -0.2) is 4.79 Å². The van der Waals surface area contributed by atoms with Gasteiger partial charge in [-0.1, -0.05) is 17.8 Å². The lowest BCUT2D eigenvalue weighted by Crippen LogP contribution is -2.41. The SMILES string of the molecule is CCn1c(SCC(=O)OCC(=O)NC(=O)NCc2ccco2)nnc1-c1cccs1. The van der Waals surface area contributed by atoms with Crippen molar-refractivity contribution in [3.05, 3.63) is 41.7 Å². The second-order valence-electron chi connectivity index (χ2n) is 5.79. The number of esters is 1. The molecule has 10 nitrogen and oxygen atoms in total. The van der Waals surface area contributed by atoms with Crippen LogP contribution in [0.2, 0.25) is 0 Å². The molecular formula is C18H19N5O5S2. The van der Waals surface area contributed by atoms with E-state index in [1.807, 2.05) is 29.0 Å². The Morgan fingerprint density at radius 3 is 2.83 bits per heavy atom. The number of hydrogen-bond acceptors (Lipinski definition) is 9. The van der Waals surface area contributed by atoms with E-state index in [1.54, 1.807) is 23.5 Å². The molecule has 0 saturated carbocycles. The number of urea groups is 1. The largest absolute Gasteiger partial charge is 0.467 e. The van der Waals surface area contributed by atoms with Crippen molar-refractivity contribution in [2.45, 2.75) is 25.2 Å². The van der Waals surface area contributed by atoms with E-state index >= 15 is 0 Å². The van der Waals surface area contributed by atoms with Crippen LogP contribution in [0.15, 0.2) is 45.5 Å². The number of nitrogens with zero attached hydrogens (tertiary/aromatic N) is 3. The van der Waals surface area contributed by atoms with Crippen molar-refractivity contribution in [1.29, 1.82) is 0 Å². The van der Waals surface area contributed by atoms with Crippen molar-refractivity contribution in [3.63, 3.8) is 0 Å². The molecular weight excluding hydrogens is 430 g/mol. The van der Waals surface area contributed by atoms with Crippen LogP contribution in [0.25, 0.3) is 10.7 Å². The third-order valence-electron chi connectivity index (χ3n) is 3.71. The van der Waals surface area contributed by atoms with Crippen LogP contribution in [0.3, 0.4) is 0 Å². The Morgan fingerprint density at radius 2 is 2.13 bits per heavy atom. The van der Waals surface area contributed by atoms with Crippen LogP contribution in [0.4, 0.5) is 4.79 Å². The van der Waals surface area contributed by atoms with Crippen LogP contribution in [-0.4, -0.2) is 45.0 Å². The summed E-state index contributed by atoms with van der Waals surface area (Å²) in [5.41, 5.74) is 0. The zero-order valence-electron chi connectivity index (χ0n) is 16.0. The molecule has 30 heavy (non-hydrogen) atoms. The zero-order chi connectivity index (χ0) is 21.3. The number of aromatic nitrogens is 3. The fourth-order valence-electron chi connectivity index (χ4n) is 2.37. The molecule has 158 valence electrons. The number of furan rings is 1. The fourth-order valence-corrected chi connectivity index (χ4v) is 3.88. The molecule has 0 aliphatic carbocycles. The summed E-state index contributed by atoms with van der Waals surface area (Å²) < 4.78 is 11.9. The highest BCUT2D eigenvalue weighted by atomic mass is 32.2. The van der Waals surface area contributed by atoms with Gasteiger partial charge >= 0.3 is 12.0 Å². The Bertz CT molecular complexity index is 985. The number of thioether (sulfide) groups is 1. The summed E-state index contributed by atoms with van der Waals surface area (Å²) in [6.07, 6.45) is 1.48. The van der Waals surface area contributed by atoms with E-state index < -0.39 is 24.5 Å². The summed E-state index contributed by atoms with van der Waals surface area (Å²) in [5, 5.41) is 15.4. The predicted molar refractivity (Wildman–Crippen MR) is 110 cm³/mol. The second-order valence-corrected chi connectivity index (χ2v) is 7.68. The van der Waals surface area contributed by atoms with Gasteiger partial charge in [0.05, 0.1) is 23.4 Å². The molecule has 12 heteroatoms. The molecule has 0 aliphatic heterocycles. The molecule has 0 spiro atoms. The van der Waals surface area contributed by atoms with Crippen LogP contribution >= 0.6 is 23.1 Å². The maximum absolute atomic E-state index is 11.9. The summed E-state index contributed by atoms with van der Waals surface area (Å²) >= 11 is 2.72. The molecule has 0 unspecified atom stereocenters. The molecule has 3 aromatic heterocycles. The van der Waals surface area contributed by atoms with E-state index in [4.69, 9.17) is 9.15 Å². The molecule has 0 aliphatic rings. The number of nitrogens with one attached hydrogen (secondary N) is 2. The lowest BCUT2D eigenvalue weighted by Gasteiger charge is -2.07. The number of amides is 3. The van der Waals surface area contributed by atoms with Gasteiger partial charge in [-0.15, -0.1) is 21.5 Å². The first-order valence-electron chi connectivity index (χ1n) is 8.92. The molecule has 2 N–H and O–H groups in total. The van der Waals surface area contributed by atoms with E-state index in [9.17, 15) is 14.4 Å². The Labute approximate surface area is 180 Å². The summed E-state index contributed by atoms with van der Waals surface area (Å²) in [6.45, 7) is 2.18. The summed E-state index contributed by atoms with van der Waals surface area (Å²) in [7, 11) is 0. The first-order valence-corrected chi connectivity index (χ1v) is 10.8. The van der Waals surface area contributed by atoms with Crippen LogP contribution in [-0.2, 0) is 27.4 Å². The van der Waals surface area contributed by atoms with E-state index in [2.05, 4.69) is 20.8 Å². The maximum Gasteiger partial charge on any atom is 0.321 e. The lowest BCUT2D eigenvalue weighted by molar-refractivity contribution is -0.145. The first kappa shape index (κ1) is 21.6. The smallest absolute Gasteiger partial charge is 0.321 e. The van der Waals surface area contributed by atoms with Crippen molar-refractivity contribution in [2.24, 2.45) is 0 Å². The molecule has 0 aromatic carbocycles. The minimum Gasteiger partial charge on any atom is -0.467 e. The number of rotatable bonds is 9. The van der Waals surface area contributed by atoms with Gasteiger partial charge in [0.15, 0.2) is 17.6 Å². The van der Waals surface area contributed by atoms with Gasteiger partial charge < -0.3 is 19.0 Å². The number of carbonyl (C=O) groups is 3. The first-order chi connectivity index (χ1) is 14.6. The Kier molecular flexibility index (Phi) is 7.63. The molecule has 0 bridgehead atoms. The van der Waals surface area contributed by atoms with Crippen molar-refractivity contribution in [1.82, 2.24) is 25.4 Å². The van der Waals surface area contributed by atoms with Gasteiger partial charge in [0.2, 0.25) is 0 Å². The van der Waals surface area contributed by atoms with Crippen LogP contribution in [0, 0.1) is 0 Å². The molecule has 0 radical (unpaired) electrons. The molecule has 0 atom stereocenters.